The summed E-state index contributed by atoms with van der Waals surface area (Å²) in [5, 5.41) is 2.92. The van der Waals surface area contributed by atoms with E-state index in [0.717, 1.165) is 48.7 Å². The number of carbonyl (C=O) groups is 1. The number of hydrogen-bond donors (Lipinski definition) is 2. The van der Waals surface area contributed by atoms with E-state index in [1.165, 1.54) is 0 Å². The van der Waals surface area contributed by atoms with Crippen molar-refractivity contribution in [2.24, 2.45) is 10.7 Å². The van der Waals surface area contributed by atoms with Crippen LogP contribution in [0.1, 0.15) is 18.4 Å². The Kier molecular flexibility index (Phi) is 5.98. The van der Waals surface area contributed by atoms with Crippen molar-refractivity contribution in [1.29, 1.82) is 0 Å². The maximum absolute atomic E-state index is 12.1. The third-order valence-corrected chi connectivity index (χ3v) is 5.12. The number of nitrogens with one attached hydrogen (secondary N) is 1. The zero-order valence-electron chi connectivity index (χ0n) is 13.7. The highest BCUT2D eigenvalue weighted by molar-refractivity contribution is 7.99. The number of nitrogens with zero attached hydrogens (tertiary/aromatic N) is 2. The monoisotopic (exact) mass is 348 g/mol. The van der Waals surface area contributed by atoms with Crippen molar-refractivity contribution in [3.05, 3.63) is 29.8 Å². The lowest BCUT2D eigenvalue weighted by atomic mass is 10.2. The number of benzene rings is 1. The van der Waals surface area contributed by atoms with Gasteiger partial charge in [-0.05, 0) is 30.5 Å². The lowest BCUT2D eigenvalue weighted by molar-refractivity contribution is -0.124. The largest absolute Gasteiger partial charge is 0.370 e. The number of hydrogen-bond acceptors (Lipinski definition) is 4. The second-order valence-corrected chi connectivity index (χ2v) is 7.19. The van der Waals surface area contributed by atoms with Crippen LogP contribution in [0.4, 0.5) is 5.69 Å². The molecule has 0 aliphatic carbocycles. The SMILES string of the molecule is NC(=NCc1cccc(NC(=O)C2CCCO2)c1)N1CCSCC1. The van der Waals surface area contributed by atoms with Crippen LogP contribution in [0.15, 0.2) is 29.3 Å². The van der Waals surface area contributed by atoms with Crippen molar-refractivity contribution in [3.8, 4) is 0 Å². The van der Waals surface area contributed by atoms with Gasteiger partial charge in [-0.15, -0.1) is 0 Å². The molecule has 6 nitrogen and oxygen atoms in total. The number of nitrogens with two attached hydrogens (primary N) is 1. The highest BCUT2D eigenvalue weighted by atomic mass is 32.2. The summed E-state index contributed by atoms with van der Waals surface area (Å²) in [6, 6.07) is 7.73. The first kappa shape index (κ1) is 17.1. The fourth-order valence-electron chi connectivity index (χ4n) is 2.82. The summed E-state index contributed by atoms with van der Waals surface area (Å²) in [6.45, 7) is 3.09. The number of anilines is 1. The molecular weight excluding hydrogens is 324 g/mol. The smallest absolute Gasteiger partial charge is 0.253 e. The first-order valence-electron chi connectivity index (χ1n) is 8.36. The lowest BCUT2D eigenvalue weighted by Crippen LogP contribution is -2.42. The summed E-state index contributed by atoms with van der Waals surface area (Å²) in [5.74, 6) is 2.73. The number of ether oxygens (including phenoxy) is 1. The molecule has 0 bridgehead atoms. The standard InChI is InChI=1S/C17H24N4O2S/c18-17(21-6-9-24-10-7-21)19-12-13-3-1-4-14(11-13)20-16(22)15-5-2-8-23-15/h1,3-4,11,15H,2,5-10,12H2,(H2,18,19)(H,20,22). The van der Waals surface area contributed by atoms with Crippen LogP contribution in [0.5, 0.6) is 0 Å². The van der Waals surface area contributed by atoms with Gasteiger partial charge in [-0.25, -0.2) is 4.99 Å². The van der Waals surface area contributed by atoms with Gasteiger partial charge in [0.05, 0.1) is 6.54 Å². The molecule has 1 unspecified atom stereocenters. The highest BCUT2D eigenvalue weighted by Gasteiger charge is 2.23. The predicted octanol–water partition coefficient (Wildman–Crippen LogP) is 1.67. The lowest BCUT2D eigenvalue weighted by Gasteiger charge is -2.27. The van der Waals surface area contributed by atoms with Crippen molar-refractivity contribution in [2.45, 2.75) is 25.5 Å². The molecule has 3 N–H and O–H groups in total. The molecule has 2 aliphatic rings. The molecule has 2 aliphatic heterocycles. The predicted molar refractivity (Wildman–Crippen MR) is 98.3 cm³/mol. The Morgan fingerprint density at radius 2 is 2.25 bits per heavy atom. The van der Waals surface area contributed by atoms with Crippen LogP contribution >= 0.6 is 11.8 Å². The Labute approximate surface area is 146 Å². The number of amides is 1. The minimum Gasteiger partial charge on any atom is -0.370 e. The molecule has 1 aromatic rings. The van der Waals surface area contributed by atoms with E-state index >= 15 is 0 Å². The Hall–Kier alpha value is -1.73. The summed E-state index contributed by atoms with van der Waals surface area (Å²) < 4.78 is 5.41. The van der Waals surface area contributed by atoms with Gasteiger partial charge in [0.25, 0.3) is 5.91 Å². The Morgan fingerprint density at radius 3 is 3.00 bits per heavy atom. The molecule has 2 saturated heterocycles. The van der Waals surface area contributed by atoms with Crippen molar-refractivity contribution < 1.29 is 9.53 Å². The zero-order valence-corrected chi connectivity index (χ0v) is 14.6. The number of guanidine groups is 1. The molecule has 1 amide bonds. The minimum atomic E-state index is -0.320. The molecule has 2 fully saturated rings. The molecule has 1 atom stereocenters. The third kappa shape index (κ3) is 4.64. The molecule has 24 heavy (non-hydrogen) atoms. The van der Waals surface area contributed by atoms with Crippen LogP contribution in [0.2, 0.25) is 0 Å². The summed E-state index contributed by atoms with van der Waals surface area (Å²) in [6.07, 6.45) is 1.42. The van der Waals surface area contributed by atoms with Gasteiger partial charge in [-0.3, -0.25) is 4.79 Å². The molecule has 0 spiro atoms. The van der Waals surface area contributed by atoms with E-state index < -0.39 is 0 Å². The van der Waals surface area contributed by atoms with E-state index in [2.05, 4.69) is 15.2 Å². The van der Waals surface area contributed by atoms with Crippen LogP contribution in [0, 0.1) is 0 Å². The van der Waals surface area contributed by atoms with Crippen LogP contribution in [-0.4, -0.2) is 54.1 Å². The van der Waals surface area contributed by atoms with E-state index in [0.29, 0.717) is 19.1 Å². The van der Waals surface area contributed by atoms with Crippen molar-refractivity contribution in [3.63, 3.8) is 0 Å². The minimum absolute atomic E-state index is 0.0709. The number of thioether (sulfide) groups is 1. The topological polar surface area (TPSA) is 79.9 Å². The third-order valence-electron chi connectivity index (χ3n) is 4.18. The molecular formula is C17H24N4O2S. The first-order chi connectivity index (χ1) is 11.7. The van der Waals surface area contributed by atoms with Gasteiger partial charge < -0.3 is 20.7 Å². The summed E-state index contributed by atoms with van der Waals surface area (Å²) in [7, 11) is 0. The second kappa shape index (κ2) is 8.39. The Bertz CT molecular complexity index is 596. The zero-order chi connectivity index (χ0) is 16.8. The van der Waals surface area contributed by atoms with Crippen LogP contribution < -0.4 is 11.1 Å². The van der Waals surface area contributed by atoms with Gasteiger partial charge in [0, 0.05) is 36.9 Å². The molecule has 0 radical (unpaired) electrons. The fourth-order valence-corrected chi connectivity index (χ4v) is 3.72. The normalized spacial score (nSPS) is 21.8. The average molecular weight is 348 g/mol. The maximum atomic E-state index is 12.1. The van der Waals surface area contributed by atoms with Crippen molar-refractivity contribution in [2.75, 3.05) is 36.5 Å². The van der Waals surface area contributed by atoms with Crippen molar-refractivity contribution in [1.82, 2.24) is 4.90 Å². The van der Waals surface area contributed by atoms with Gasteiger partial charge in [0.2, 0.25) is 0 Å². The van der Waals surface area contributed by atoms with Crippen molar-refractivity contribution >= 4 is 29.3 Å². The molecule has 0 saturated carbocycles. The molecule has 3 rings (SSSR count). The van der Waals surface area contributed by atoms with Crippen LogP contribution in [0.25, 0.3) is 0 Å². The second-order valence-electron chi connectivity index (χ2n) is 5.97. The number of rotatable bonds is 4. The summed E-state index contributed by atoms with van der Waals surface area (Å²) in [4.78, 5) is 18.7. The van der Waals surface area contributed by atoms with Crippen LogP contribution in [-0.2, 0) is 16.1 Å². The molecule has 0 aromatic heterocycles. The van der Waals surface area contributed by atoms with Gasteiger partial charge in [-0.2, -0.15) is 11.8 Å². The van der Waals surface area contributed by atoms with E-state index in [1.54, 1.807) is 0 Å². The van der Waals surface area contributed by atoms with Gasteiger partial charge >= 0.3 is 0 Å². The fraction of sp³-hybridized carbons (Fsp3) is 0.529. The number of carbonyl (C=O) groups excluding carboxylic acids is 1. The van der Waals surface area contributed by atoms with E-state index in [4.69, 9.17) is 10.5 Å². The Morgan fingerprint density at radius 1 is 1.42 bits per heavy atom. The maximum Gasteiger partial charge on any atom is 0.253 e. The summed E-state index contributed by atoms with van der Waals surface area (Å²) in [5.41, 5.74) is 7.88. The average Bonchev–Trinajstić information content (AvgIpc) is 3.15. The van der Waals surface area contributed by atoms with E-state index in [9.17, 15) is 4.79 Å². The molecule has 1 aromatic carbocycles. The molecule has 7 heteroatoms. The molecule has 130 valence electrons. The first-order valence-corrected chi connectivity index (χ1v) is 9.52. The molecule has 2 heterocycles. The van der Waals surface area contributed by atoms with Gasteiger partial charge in [0.1, 0.15) is 6.10 Å². The van der Waals surface area contributed by atoms with Gasteiger partial charge in [0.15, 0.2) is 5.96 Å². The van der Waals surface area contributed by atoms with Crippen LogP contribution in [0.3, 0.4) is 0 Å². The summed E-state index contributed by atoms with van der Waals surface area (Å²) >= 11 is 1.95. The van der Waals surface area contributed by atoms with Gasteiger partial charge in [-0.1, -0.05) is 12.1 Å². The highest BCUT2D eigenvalue weighted by Crippen LogP contribution is 2.17. The Balaban J connectivity index is 1.57. The quantitative estimate of drug-likeness (QED) is 0.639. The van der Waals surface area contributed by atoms with E-state index in [1.807, 2.05) is 36.0 Å². The van der Waals surface area contributed by atoms with E-state index in [-0.39, 0.29) is 12.0 Å². The number of aliphatic imine (C=N–C) groups is 1.